The van der Waals surface area contributed by atoms with Gasteiger partial charge in [-0.25, -0.2) is 8.42 Å². The van der Waals surface area contributed by atoms with E-state index < -0.39 is 10.0 Å². The van der Waals surface area contributed by atoms with Gasteiger partial charge in [0.2, 0.25) is 10.0 Å². The monoisotopic (exact) mass is 346 g/mol. The summed E-state index contributed by atoms with van der Waals surface area (Å²) in [5.74, 6) is 0. The normalized spacial score (nSPS) is 18.8. The number of aryl methyl sites for hydroxylation is 1. The molecule has 0 aliphatic carbocycles. The molecule has 0 N–H and O–H groups in total. The smallest absolute Gasteiger partial charge is 0.243 e. The zero-order chi connectivity index (χ0) is 17.0. The molecule has 0 bridgehead atoms. The van der Waals surface area contributed by atoms with Crippen molar-refractivity contribution < 1.29 is 13.2 Å². The first-order valence-corrected chi connectivity index (χ1v) is 9.64. The van der Waals surface area contributed by atoms with Gasteiger partial charge >= 0.3 is 0 Å². The van der Waals surface area contributed by atoms with Gasteiger partial charge in [-0.1, -0.05) is 25.1 Å². The van der Waals surface area contributed by atoms with E-state index in [0.29, 0.717) is 31.0 Å². The maximum atomic E-state index is 12.9. The van der Waals surface area contributed by atoms with Crippen LogP contribution >= 0.6 is 0 Å². The molecule has 24 heavy (non-hydrogen) atoms. The van der Waals surface area contributed by atoms with Gasteiger partial charge in [0.15, 0.2) is 0 Å². The van der Waals surface area contributed by atoms with Gasteiger partial charge < -0.3 is 4.74 Å². The molecule has 1 aliphatic rings. The SMILES string of the molecule is CCc1ccccc1S(=O)(=O)N1CCC(OCc2ccncc2)C1. The second kappa shape index (κ2) is 7.42. The Hall–Kier alpha value is -1.76. The molecule has 1 aromatic heterocycles. The number of ether oxygens (including phenoxy) is 1. The summed E-state index contributed by atoms with van der Waals surface area (Å²) in [6.07, 6.45) is 4.81. The van der Waals surface area contributed by atoms with E-state index in [4.69, 9.17) is 4.74 Å². The lowest BCUT2D eigenvalue weighted by Gasteiger charge is -2.18. The first-order valence-electron chi connectivity index (χ1n) is 8.20. The van der Waals surface area contributed by atoms with Gasteiger partial charge in [0.05, 0.1) is 17.6 Å². The minimum atomic E-state index is -3.45. The van der Waals surface area contributed by atoms with E-state index in [1.54, 1.807) is 28.8 Å². The van der Waals surface area contributed by atoms with Crippen molar-refractivity contribution in [3.8, 4) is 0 Å². The van der Waals surface area contributed by atoms with Crippen molar-refractivity contribution in [1.82, 2.24) is 9.29 Å². The Labute approximate surface area is 143 Å². The topological polar surface area (TPSA) is 59.5 Å². The minimum Gasteiger partial charge on any atom is -0.372 e. The second-order valence-electron chi connectivity index (χ2n) is 5.90. The molecule has 0 radical (unpaired) electrons. The number of aromatic nitrogens is 1. The van der Waals surface area contributed by atoms with Crippen molar-refractivity contribution >= 4 is 10.0 Å². The van der Waals surface area contributed by atoms with E-state index >= 15 is 0 Å². The van der Waals surface area contributed by atoms with Crippen LogP contribution in [-0.4, -0.2) is 36.9 Å². The Morgan fingerprint density at radius 3 is 2.71 bits per heavy atom. The van der Waals surface area contributed by atoms with Crippen LogP contribution in [0.5, 0.6) is 0 Å². The maximum Gasteiger partial charge on any atom is 0.243 e. The van der Waals surface area contributed by atoms with E-state index in [2.05, 4.69) is 4.98 Å². The largest absolute Gasteiger partial charge is 0.372 e. The van der Waals surface area contributed by atoms with E-state index in [1.165, 1.54) is 0 Å². The van der Waals surface area contributed by atoms with E-state index in [9.17, 15) is 8.42 Å². The number of benzene rings is 1. The highest BCUT2D eigenvalue weighted by Crippen LogP contribution is 2.25. The summed E-state index contributed by atoms with van der Waals surface area (Å²) in [6.45, 7) is 3.36. The third kappa shape index (κ3) is 3.66. The Bertz CT molecular complexity index is 778. The Kier molecular flexibility index (Phi) is 5.28. The lowest BCUT2D eigenvalue weighted by atomic mass is 10.2. The van der Waals surface area contributed by atoms with E-state index in [0.717, 1.165) is 17.5 Å². The van der Waals surface area contributed by atoms with Crippen LogP contribution in [0, 0.1) is 0 Å². The van der Waals surface area contributed by atoms with Gasteiger partial charge in [-0.15, -0.1) is 0 Å². The first kappa shape index (κ1) is 17.1. The molecule has 1 aliphatic heterocycles. The van der Waals surface area contributed by atoms with Gasteiger partial charge in [-0.05, 0) is 42.2 Å². The van der Waals surface area contributed by atoms with E-state index in [1.807, 2.05) is 31.2 Å². The number of sulfonamides is 1. The molecule has 0 amide bonds. The van der Waals surface area contributed by atoms with Gasteiger partial charge in [-0.2, -0.15) is 4.31 Å². The van der Waals surface area contributed by atoms with Gasteiger partial charge in [-0.3, -0.25) is 4.98 Å². The molecule has 1 saturated heterocycles. The van der Waals surface area contributed by atoms with Crippen LogP contribution in [0.25, 0.3) is 0 Å². The first-order chi connectivity index (χ1) is 11.6. The van der Waals surface area contributed by atoms with Crippen molar-refractivity contribution in [2.45, 2.75) is 37.4 Å². The minimum absolute atomic E-state index is 0.0678. The summed E-state index contributed by atoms with van der Waals surface area (Å²) in [4.78, 5) is 4.40. The fourth-order valence-corrected chi connectivity index (χ4v) is 4.71. The molecule has 5 nitrogen and oxygen atoms in total. The summed E-state index contributed by atoms with van der Waals surface area (Å²) in [7, 11) is -3.45. The lowest BCUT2D eigenvalue weighted by Crippen LogP contribution is -2.31. The van der Waals surface area contributed by atoms with Crippen molar-refractivity contribution in [3.05, 3.63) is 59.9 Å². The summed E-state index contributed by atoms with van der Waals surface area (Å²) < 4.78 is 33.2. The number of pyridine rings is 1. The highest BCUT2D eigenvalue weighted by Gasteiger charge is 2.33. The van der Waals surface area contributed by atoms with Crippen LogP contribution in [0.1, 0.15) is 24.5 Å². The van der Waals surface area contributed by atoms with Crippen LogP contribution < -0.4 is 0 Å². The average Bonchev–Trinajstić information content (AvgIpc) is 3.11. The molecular weight excluding hydrogens is 324 g/mol. The standard InChI is InChI=1S/C18H22N2O3S/c1-2-16-5-3-4-6-18(16)24(21,22)20-12-9-17(13-20)23-14-15-7-10-19-11-8-15/h3-8,10-11,17H,2,9,12-14H2,1H3. The molecular formula is C18H22N2O3S. The van der Waals surface area contributed by atoms with Crippen molar-refractivity contribution in [2.24, 2.45) is 0 Å². The maximum absolute atomic E-state index is 12.9. The molecule has 0 spiro atoms. The molecule has 3 rings (SSSR count). The molecule has 2 heterocycles. The van der Waals surface area contributed by atoms with Gasteiger partial charge in [0.1, 0.15) is 0 Å². The third-order valence-electron chi connectivity index (χ3n) is 4.31. The number of rotatable bonds is 6. The summed E-state index contributed by atoms with van der Waals surface area (Å²) in [5.41, 5.74) is 1.90. The summed E-state index contributed by atoms with van der Waals surface area (Å²) in [6, 6.07) is 11.0. The summed E-state index contributed by atoms with van der Waals surface area (Å²) >= 11 is 0. The van der Waals surface area contributed by atoms with E-state index in [-0.39, 0.29) is 6.10 Å². The van der Waals surface area contributed by atoms with Crippen molar-refractivity contribution in [1.29, 1.82) is 0 Å². The predicted octanol–water partition coefficient (Wildman–Crippen LogP) is 2.62. The van der Waals surface area contributed by atoms with Crippen molar-refractivity contribution in [2.75, 3.05) is 13.1 Å². The second-order valence-corrected chi connectivity index (χ2v) is 7.81. The van der Waals surface area contributed by atoms with Crippen LogP contribution in [0.15, 0.2) is 53.7 Å². The predicted molar refractivity (Wildman–Crippen MR) is 92.0 cm³/mol. The summed E-state index contributed by atoms with van der Waals surface area (Å²) in [5, 5.41) is 0. The molecule has 0 saturated carbocycles. The Morgan fingerprint density at radius 1 is 1.21 bits per heavy atom. The average molecular weight is 346 g/mol. The molecule has 1 atom stereocenters. The molecule has 1 aromatic carbocycles. The molecule has 2 aromatic rings. The van der Waals surface area contributed by atoms with Gasteiger partial charge in [0, 0.05) is 25.5 Å². The van der Waals surface area contributed by atoms with Crippen LogP contribution in [0.3, 0.4) is 0 Å². The highest BCUT2D eigenvalue weighted by atomic mass is 32.2. The fourth-order valence-electron chi connectivity index (χ4n) is 2.93. The zero-order valence-electron chi connectivity index (χ0n) is 13.8. The number of hydrogen-bond acceptors (Lipinski definition) is 4. The molecule has 1 unspecified atom stereocenters. The van der Waals surface area contributed by atoms with Crippen LogP contribution in [-0.2, 0) is 27.8 Å². The van der Waals surface area contributed by atoms with Crippen molar-refractivity contribution in [3.63, 3.8) is 0 Å². The zero-order valence-corrected chi connectivity index (χ0v) is 14.6. The number of nitrogens with zero attached hydrogens (tertiary/aromatic N) is 2. The van der Waals surface area contributed by atoms with Crippen LogP contribution in [0.2, 0.25) is 0 Å². The van der Waals surface area contributed by atoms with Gasteiger partial charge in [0.25, 0.3) is 0 Å². The van der Waals surface area contributed by atoms with Crippen LogP contribution in [0.4, 0.5) is 0 Å². The molecule has 128 valence electrons. The highest BCUT2D eigenvalue weighted by molar-refractivity contribution is 7.89. The third-order valence-corrected chi connectivity index (χ3v) is 6.28. The number of hydrogen-bond donors (Lipinski definition) is 0. The Balaban J connectivity index is 1.66. The molecule has 6 heteroatoms. The lowest BCUT2D eigenvalue weighted by molar-refractivity contribution is 0.0508. The quantitative estimate of drug-likeness (QED) is 0.807. The fraction of sp³-hybridized carbons (Fsp3) is 0.389. The molecule has 1 fully saturated rings. The Morgan fingerprint density at radius 2 is 1.96 bits per heavy atom.